The SMILES string of the molecule is CC/C=C\C/C=C\C/C=C\C/C=C\C/C=C\C/C=C\C/C=C\C/C=C\C/C=C\C/C=C\C/C=C\CCCCCC(=O)NC(COP(=O)([O-])OCC[N+](C)(C)C)C(O)/C=C/CCCCCCCCCCCCCCCCCCCCCC. The molecule has 0 saturated carbocycles. The smallest absolute Gasteiger partial charge is 0.268 e. The highest BCUT2D eigenvalue weighted by Gasteiger charge is 2.23. The number of nitrogens with one attached hydrogen (secondary N) is 1. The Labute approximate surface area is 499 Å². The average molecular weight is 1140 g/mol. The third-order valence-corrected chi connectivity index (χ3v) is 14.8. The molecule has 0 aliphatic heterocycles. The summed E-state index contributed by atoms with van der Waals surface area (Å²) in [6, 6.07) is -0.917. The number of unbranched alkanes of at least 4 members (excludes halogenated alkanes) is 23. The highest BCUT2D eigenvalue weighted by atomic mass is 31.2. The summed E-state index contributed by atoms with van der Waals surface area (Å²) in [6.07, 6.45) is 93.7. The fourth-order valence-electron chi connectivity index (χ4n) is 8.75. The highest BCUT2D eigenvalue weighted by molar-refractivity contribution is 7.45. The first-order chi connectivity index (χ1) is 39.5. The van der Waals surface area contributed by atoms with Gasteiger partial charge >= 0.3 is 0 Å². The molecule has 0 fully saturated rings. The van der Waals surface area contributed by atoms with Crippen LogP contribution in [0.25, 0.3) is 0 Å². The molecule has 3 atom stereocenters. The fraction of sp³-hybridized carbons (Fsp3) is 0.653. The van der Waals surface area contributed by atoms with E-state index in [1.807, 2.05) is 27.2 Å². The number of rotatable bonds is 58. The van der Waals surface area contributed by atoms with E-state index in [-0.39, 0.29) is 12.5 Å². The van der Waals surface area contributed by atoms with Gasteiger partial charge in [-0.1, -0.05) is 288 Å². The van der Waals surface area contributed by atoms with E-state index in [2.05, 4.69) is 153 Å². The quantitative estimate of drug-likeness (QED) is 0.0272. The van der Waals surface area contributed by atoms with Crippen molar-refractivity contribution in [2.24, 2.45) is 0 Å². The van der Waals surface area contributed by atoms with Crippen molar-refractivity contribution in [1.82, 2.24) is 5.32 Å². The van der Waals surface area contributed by atoms with Crippen molar-refractivity contribution < 1.29 is 32.9 Å². The van der Waals surface area contributed by atoms with E-state index in [1.54, 1.807) is 6.08 Å². The van der Waals surface area contributed by atoms with E-state index in [4.69, 9.17) is 9.05 Å². The molecule has 0 aliphatic carbocycles. The number of nitrogens with zero attached hydrogens (tertiary/aromatic N) is 1. The Kier molecular flexibility index (Phi) is 58.2. The van der Waals surface area contributed by atoms with Gasteiger partial charge in [-0.25, -0.2) is 0 Å². The van der Waals surface area contributed by atoms with Crippen LogP contribution in [-0.4, -0.2) is 68.5 Å². The molecule has 0 aliphatic rings. The minimum Gasteiger partial charge on any atom is -0.756 e. The third kappa shape index (κ3) is 63.8. The average Bonchev–Trinajstić information content (AvgIpc) is 3.43. The van der Waals surface area contributed by atoms with Crippen molar-refractivity contribution in [2.75, 3.05) is 40.9 Å². The summed E-state index contributed by atoms with van der Waals surface area (Å²) < 4.78 is 23.4. The normalized spacial score (nSPS) is 14.7. The molecule has 0 spiro atoms. The zero-order valence-electron chi connectivity index (χ0n) is 52.7. The predicted molar refractivity (Wildman–Crippen MR) is 352 cm³/mol. The number of aliphatic hydroxyl groups excluding tert-OH is 1. The van der Waals surface area contributed by atoms with Gasteiger partial charge in [0.25, 0.3) is 7.82 Å². The second-order valence-corrected chi connectivity index (χ2v) is 24.1. The van der Waals surface area contributed by atoms with Crippen LogP contribution in [-0.2, 0) is 18.4 Å². The second-order valence-electron chi connectivity index (χ2n) is 22.7. The summed E-state index contributed by atoms with van der Waals surface area (Å²) in [6.45, 7) is 4.51. The number of phosphoric ester groups is 1. The van der Waals surface area contributed by atoms with E-state index in [1.165, 1.54) is 116 Å². The van der Waals surface area contributed by atoms with E-state index in [9.17, 15) is 19.4 Å². The Bertz CT molecular complexity index is 1830. The number of quaternary nitrogens is 1. The molecule has 81 heavy (non-hydrogen) atoms. The van der Waals surface area contributed by atoms with Crippen LogP contribution < -0.4 is 10.2 Å². The second kappa shape index (κ2) is 61.0. The molecule has 8 nitrogen and oxygen atoms in total. The lowest BCUT2D eigenvalue weighted by molar-refractivity contribution is -0.870. The minimum absolute atomic E-state index is 0.0153. The van der Waals surface area contributed by atoms with Crippen molar-refractivity contribution in [3.05, 3.63) is 146 Å². The molecule has 462 valence electrons. The Morgan fingerprint density at radius 1 is 0.444 bits per heavy atom. The number of carbonyl (C=O) groups is 1. The van der Waals surface area contributed by atoms with Gasteiger partial charge in [0.15, 0.2) is 0 Å². The molecule has 0 heterocycles. The Hall–Kier alpha value is -3.62. The first kappa shape index (κ1) is 77.4. The lowest BCUT2D eigenvalue weighted by atomic mass is 10.0. The molecule has 0 bridgehead atoms. The molecule has 0 radical (unpaired) electrons. The fourth-order valence-corrected chi connectivity index (χ4v) is 9.47. The molecule has 0 rings (SSSR count). The topological polar surface area (TPSA) is 108 Å². The Morgan fingerprint density at radius 2 is 0.753 bits per heavy atom. The van der Waals surface area contributed by atoms with Gasteiger partial charge in [-0.15, -0.1) is 0 Å². The Balaban J connectivity index is 4.27. The number of amides is 1. The summed E-state index contributed by atoms with van der Waals surface area (Å²) in [4.78, 5) is 25.6. The summed E-state index contributed by atoms with van der Waals surface area (Å²) >= 11 is 0. The molecule has 0 aromatic carbocycles. The van der Waals surface area contributed by atoms with Gasteiger partial charge in [0.1, 0.15) is 13.2 Å². The van der Waals surface area contributed by atoms with Crippen LogP contribution in [0, 0.1) is 0 Å². The van der Waals surface area contributed by atoms with Gasteiger partial charge in [-0.05, 0) is 103 Å². The maximum absolute atomic E-state index is 13.0. The number of carbonyl (C=O) groups excluding carboxylic acids is 1. The molecule has 1 amide bonds. The van der Waals surface area contributed by atoms with Gasteiger partial charge in [0.05, 0.1) is 39.9 Å². The van der Waals surface area contributed by atoms with Crippen molar-refractivity contribution in [2.45, 2.75) is 264 Å². The van der Waals surface area contributed by atoms with Crippen LogP contribution in [0.1, 0.15) is 251 Å². The summed E-state index contributed by atoms with van der Waals surface area (Å²) in [7, 11) is 1.22. The number of likely N-dealkylation sites (N-methyl/N-ethyl adjacent to an activating group) is 1. The molecule has 0 aromatic rings. The van der Waals surface area contributed by atoms with Crippen LogP contribution in [0.2, 0.25) is 0 Å². The van der Waals surface area contributed by atoms with E-state index in [0.717, 1.165) is 109 Å². The molecule has 3 unspecified atom stereocenters. The molecule has 2 N–H and O–H groups in total. The minimum atomic E-state index is -4.62. The number of hydrogen-bond donors (Lipinski definition) is 2. The standard InChI is InChI=1S/C72H123N2O6P/c1-6-8-10-12-14-16-18-20-22-24-26-28-30-31-32-33-34-35-36-37-38-39-40-41-42-43-44-46-48-50-52-54-56-58-60-62-64-66-72(76)73-70(69-80-81(77,78)79-68-67-74(3,4)5)71(75)65-63-61-59-57-55-53-51-49-47-45-29-27-25-23-21-19-17-15-13-11-9-7-2/h8,10,14,16,20,22,26,28,31-32,34-35,37-38,40-41,43-44,48,50,54,56,63,65,70-71,75H,6-7,9,11-13,15,17-19,21,23-25,27,29-30,33,36,39,42,45-47,49,51-53,55,57-62,64,66-69H2,1-5H3,(H-,73,76,77,78)/b10-8-,16-14-,22-20-,28-26-,32-31-,35-34-,38-37-,41-40-,44-43-,50-48-,56-54-,65-63+. The number of aliphatic hydroxyl groups is 1. The Morgan fingerprint density at radius 3 is 1.10 bits per heavy atom. The number of allylic oxidation sites excluding steroid dienone is 23. The van der Waals surface area contributed by atoms with Crippen LogP contribution in [0.4, 0.5) is 0 Å². The maximum atomic E-state index is 13.0. The predicted octanol–water partition coefficient (Wildman–Crippen LogP) is 20.2. The van der Waals surface area contributed by atoms with E-state index in [0.29, 0.717) is 23.9 Å². The first-order valence-electron chi connectivity index (χ1n) is 32.7. The van der Waals surface area contributed by atoms with E-state index >= 15 is 0 Å². The van der Waals surface area contributed by atoms with Crippen molar-refractivity contribution in [3.63, 3.8) is 0 Å². The zero-order chi connectivity index (χ0) is 59.1. The van der Waals surface area contributed by atoms with E-state index < -0.39 is 26.6 Å². The first-order valence-corrected chi connectivity index (χ1v) is 34.2. The van der Waals surface area contributed by atoms with Crippen LogP contribution in [0.15, 0.2) is 146 Å². The summed E-state index contributed by atoms with van der Waals surface area (Å²) in [5.41, 5.74) is 0. The molecule has 9 heteroatoms. The van der Waals surface area contributed by atoms with Gasteiger partial charge in [0, 0.05) is 6.42 Å². The zero-order valence-corrected chi connectivity index (χ0v) is 53.6. The highest BCUT2D eigenvalue weighted by Crippen LogP contribution is 2.38. The molecular weight excluding hydrogens is 1020 g/mol. The number of phosphoric acid groups is 1. The van der Waals surface area contributed by atoms with Gasteiger partial charge < -0.3 is 28.8 Å². The molecule has 0 saturated heterocycles. The third-order valence-electron chi connectivity index (χ3n) is 13.8. The monoisotopic (exact) mass is 1140 g/mol. The van der Waals surface area contributed by atoms with Crippen molar-refractivity contribution in [3.8, 4) is 0 Å². The van der Waals surface area contributed by atoms with Gasteiger partial charge in [-0.3, -0.25) is 9.36 Å². The lowest BCUT2D eigenvalue weighted by Gasteiger charge is -2.29. The number of hydrogen-bond acceptors (Lipinski definition) is 6. The van der Waals surface area contributed by atoms with Crippen LogP contribution in [0.3, 0.4) is 0 Å². The lowest BCUT2D eigenvalue weighted by Crippen LogP contribution is -2.45. The van der Waals surface area contributed by atoms with Crippen LogP contribution >= 0.6 is 7.82 Å². The summed E-state index contributed by atoms with van der Waals surface area (Å²) in [5.74, 6) is -0.233. The van der Waals surface area contributed by atoms with Gasteiger partial charge in [-0.2, -0.15) is 0 Å². The molecular formula is C72H123N2O6P. The molecule has 0 aromatic heterocycles. The van der Waals surface area contributed by atoms with Crippen molar-refractivity contribution in [1.29, 1.82) is 0 Å². The van der Waals surface area contributed by atoms with Crippen molar-refractivity contribution >= 4 is 13.7 Å². The largest absolute Gasteiger partial charge is 0.756 e. The summed E-state index contributed by atoms with van der Waals surface area (Å²) in [5, 5.41) is 13.9. The maximum Gasteiger partial charge on any atom is 0.268 e. The van der Waals surface area contributed by atoms with Crippen LogP contribution in [0.5, 0.6) is 0 Å². The van der Waals surface area contributed by atoms with Gasteiger partial charge in [0.2, 0.25) is 5.91 Å².